The van der Waals surface area contributed by atoms with Crippen molar-refractivity contribution in [2.24, 2.45) is 0 Å². The smallest absolute Gasteiger partial charge is 0.254 e. The van der Waals surface area contributed by atoms with Crippen molar-refractivity contribution in [3.8, 4) is 0 Å². The maximum atomic E-state index is 12.1. The van der Waals surface area contributed by atoms with Crippen LogP contribution in [0, 0.1) is 0 Å². The molecule has 0 spiro atoms. The molecule has 0 atom stereocenters. The van der Waals surface area contributed by atoms with Crippen LogP contribution in [-0.2, 0) is 4.74 Å². The zero-order valence-electron chi connectivity index (χ0n) is 11.9. The second-order valence-corrected chi connectivity index (χ2v) is 4.66. The Morgan fingerprint density at radius 2 is 2.25 bits per heavy atom. The van der Waals surface area contributed by atoms with Gasteiger partial charge in [-0.2, -0.15) is 0 Å². The predicted molar refractivity (Wildman–Crippen MR) is 78.0 cm³/mol. The molecule has 1 aromatic heterocycles. The highest BCUT2D eigenvalue weighted by molar-refractivity contribution is 5.99. The molecule has 1 amide bonds. The van der Waals surface area contributed by atoms with Crippen molar-refractivity contribution in [3.05, 3.63) is 24.0 Å². The van der Waals surface area contributed by atoms with E-state index in [2.05, 4.69) is 20.5 Å². The summed E-state index contributed by atoms with van der Waals surface area (Å²) in [4.78, 5) is 18.5. The van der Waals surface area contributed by atoms with E-state index in [1.807, 2.05) is 13.0 Å². The van der Waals surface area contributed by atoms with Gasteiger partial charge in [-0.3, -0.25) is 14.7 Å². The Kier molecular flexibility index (Phi) is 5.76. The largest absolute Gasteiger partial charge is 0.385 e. The number of nitrogens with zero attached hydrogens (tertiary/aromatic N) is 2. The zero-order chi connectivity index (χ0) is 14.2. The summed E-state index contributed by atoms with van der Waals surface area (Å²) < 4.78 is 5.29. The Balaban J connectivity index is 1.82. The number of ether oxygens (including phenoxy) is 1. The average molecular weight is 278 g/mol. The number of anilines is 1. The van der Waals surface area contributed by atoms with Crippen LogP contribution in [0.4, 0.5) is 5.69 Å². The summed E-state index contributed by atoms with van der Waals surface area (Å²) in [7, 11) is 0. The van der Waals surface area contributed by atoms with Gasteiger partial charge in [-0.1, -0.05) is 0 Å². The van der Waals surface area contributed by atoms with Crippen molar-refractivity contribution in [1.29, 1.82) is 0 Å². The number of amides is 1. The van der Waals surface area contributed by atoms with Crippen molar-refractivity contribution < 1.29 is 9.53 Å². The van der Waals surface area contributed by atoms with Gasteiger partial charge in [0.05, 0.1) is 24.5 Å². The highest BCUT2D eigenvalue weighted by atomic mass is 16.5. The van der Waals surface area contributed by atoms with E-state index in [-0.39, 0.29) is 5.91 Å². The van der Waals surface area contributed by atoms with Crippen LogP contribution in [0.3, 0.4) is 0 Å². The van der Waals surface area contributed by atoms with E-state index in [1.165, 1.54) is 0 Å². The van der Waals surface area contributed by atoms with E-state index in [0.717, 1.165) is 45.1 Å². The molecule has 2 N–H and O–H groups in total. The number of carbonyl (C=O) groups is 1. The fourth-order valence-corrected chi connectivity index (χ4v) is 2.17. The Morgan fingerprint density at radius 3 is 3.00 bits per heavy atom. The first kappa shape index (κ1) is 14.7. The number of aromatic nitrogens is 1. The molecule has 0 aliphatic carbocycles. The van der Waals surface area contributed by atoms with Crippen LogP contribution in [0.25, 0.3) is 0 Å². The minimum absolute atomic E-state index is 0.0812. The average Bonchev–Trinajstić information content (AvgIpc) is 2.49. The van der Waals surface area contributed by atoms with Crippen LogP contribution in [0.15, 0.2) is 18.5 Å². The number of morpholine rings is 1. The summed E-state index contributed by atoms with van der Waals surface area (Å²) in [5.74, 6) is -0.0812. The molecule has 1 aliphatic heterocycles. The van der Waals surface area contributed by atoms with E-state index in [0.29, 0.717) is 12.1 Å². The SMILES string of the molecule is CCNc1ccncc1C(=O)NCCN1CCOCC1. The normalized spacial score (nSPS) is 15.8. The van der Waals surface area contributed by atoms with E-state index in [4.69, 9.17) is 4.74 Å². The van der Waals surface area contributed by atoms with E-state index < -0.39 is 0 Å². The van der Waals surface area contributed by atoms with Gasteiger partial charge in [0.2, 0.25) is 0 Å². The number of hydrogen-bond donors (Lipinski definition) is 2. The van der Waals surface area contributed by atoms with Crippen molar-refractivity contribution in [2.45, 2.75) is 6.92 Å². The summed E-state index contributed by atoms with van der Waals surface area (Å²) >= 11 is 0. The fourth-order valence-electron chi connectivity index (χ4n) is 2.17. The van der Waals surface area contributed by atoms with Gasteiger partial charge in [-0.05, 0) is 13.0 Å². The van der Waals surface area contributed by atoms with Crippen molar-refractivity contribution >= 4 is 11.6 Å². The van der Waals surface area contributed by atoms with Crippen LogP contribution >= 0.6 is 0 Å². The van der Waals surface area contributed by atoms with E-state index in [9.17, 15) is 4.79 Å². The Bertz CT molecular complexity index is 433. The lowest BCUT2D eigenvalue weighted by Gasteiger charge is -2.26. The Hall–Kier alpha value is -1.66. The molecule has 2 rings (SSSR count). The van der Waals surface area contributed by atoms with Gasteiger partial charge in [0.25, 0.3) is 5.91 Å². The van der Waals surface area contributed by atoms with E-state index in [1.54, 1.807) is 12.4 Å². The number of pyridine rings is 1. The second-order valence-electron chi connectivity index (χ2n) is 4.66. The minimum atomic E-state index is -0.0812. The number of carbonyl (C=O) groups excluding carboxylic acids is 1. The van der Waals surface area contributed by atoms with Crippen molar-refractivity contribution in [1.82, 2.24) is 15.2 Å². The topological polar surface area (TPSA) is 66.5 Å². The molecule has 6 heteroatoms. The van der Waals surface area contributed by atoms with Gasteiger partial charge in [0, 0.05) is 45.1 Å². The van der Waals surface area contributed by atoms with Crippen LogP contribution in [0.5, 0.6) is 0 Å². The first-order valence-corrected chi connectivity index (χ1v) is 7.07. The molecule has 1 aromatic rings. The van der Waals surface area contributed by atoms with Crippen LogP contribution in [-0.4, -0.2) is 61.7 Å². The van der Waals surface area contributed by atoms with Gasteiger partial charge in [-0.15, -0.1) is 0 Å². The zero-order valence-corrected chi connectivity index (χ0v) is 11.9. The molecule has 110 valence electrons. The van der Waals surface area contributed by atoms with E-state index >= 15 is 0 Å². The number of hydrogen-bond acceptors (Lipinski definition) is 5. The molecule has 20 heavy (non-hydrogen) atoms. The van der Waals surface area contributed by atoms with Gasteiger partial charge in [0.15, 0.2) is 0 Å². The molecule has 0 bridgehead atoms. The monoisotopic (exact) mass is 278 g/mol. The third kappa shape index (κ3) is 4.18. The van der Waals surface area contributed by atoms with Gasteiger partial charge in [-0.25, -0.2) is 0 Å². The van der Waals surface area contributed by atoms with Crippen LogP contribution < -0.4 is 10.6 Å². The summed E-state index contributed by atoms with van der Waals surface area (Å²) in [5, 5.41) is 6.11. The Labute approximate surface area is 119 Å². The molecule has 0 saturated carbocycles. The highest BCUT2D eigenvalue weighted by Crippen LogP contribution is 2.12. The molecule has 0 radical (unpaired) electrons. The predicted octanol–water partition coefficient (Wildman–Crippen LogP) is 0.575. The first-order valence-electron chi connectivity index (χ1n) is 7.07. The minimum Gasteiger partial charge on any atom is -0.385 e. The molecule has 1 saturated heterocycles. The third-order valence-corrected chi connectivity index (χ3v) is 3.25. The first-order chi connectivity index (χ1) is 9.81. The molecule has 1 aliphatic rings. The Morgan fingerprint density at radius 1 is 1.45 bits per heavy atom. The number of nitrogens with one attached hydrogen (secondary N) is 2. The standard InChI is InChI=1S/C14H22N4O2/c1-2-16-13-3-4-15-11-12(13)14(19)17-5-6-18-7-9-20-10-8-18/h3-4,11H,2,5-10H2,1H3,(H,15,16)(H,17,19). The molecule has 0 unspecified atom stereocenters. The van der Waals surface area contributed by atoms with Gasteiger partial charge < -0.3 is 15.4 Å². The molecular formula is C14H22N4O2. The quantitative estimate of drug-likeness (QED) is 0.796. The van der Waals surface area contributed by atoms with Crippen molar-refractivity contribution in [2.75, 3.05) is 51.3 Å². The summed E-state index contributed by atoms with van der Waals surface area (Å²) in [5.41, 5.74) is 1.42. The lowest BCUT2D eigenvalue weighted by atomic mass is 10.2. The van der Waals surface area contributed by atoms with Gasteiger partial charge in [0.1, 0.15) is 0 Å². The highest BCUT2D eigenvalue weighted by Gasteiger charge is 2.13. The fraction of sp³-hybridized carbons (Fsp3) is 0.571. The van der Waals surface area contributed by atoms with Crippen LogP contribution in [0.1, 0.15) is 17.3 Å². The molecule has 0 aromatic carbocycles. The molecule has 2 heterocycles. The maximum Gasteiger partial charge on any atom is 0.254 e. The molecule has 1 fully saturated rings. The van der Waals surface area contributed by atoms with Gasteiger partial charge >= 0.3 is 0 Å². The third-order valence-electron chi connectivity index (χ3n) is 3.25. The second kappa shape index (κ2) is 7.81. The van der Waals surface area contributed by atoms with Crippen LogP contribution in [0.2, 0.25) is 0 Å². The summed E-state index contributed by atoms with van der Waals surface area (Å²) in [6.45, 7) is 7.70. The molecular weight excluding hydrogens is 256 g/mol. The molecule has 6 nitrogen and oxygen atoms in total. The lowest BCUT2D eigenvalue weighted by molar-refractivity contribution is 0.0383. The lowest BCUT2D eigenvalue weighted by Crippen LogP contribution is -2.41. The maximum absolute atomic E-state index is 12.1. The summed E-state index contributed by atoms with van der Waals surface area (Å²) in [6, 6.07) is 1.82. The summed E-state index contributed by atoms with van der Waals surface area (Å²) in [6.07, 6.45) is 3.28. The number of rotatable bonds is 6. The van der Waals surface area contributed by atoms with Crippen molar-refractivity contribution in [3.63, 3.8) is 0 Å².